The first-order chi connectivity index (χ1) is 8.46. The number of rotatable bonds is 5. The summed E-state index contributed by atoms with van der Waals surface area (Å²) in [5.74, 6) is 0. The molecule has 1 fully saturated rings. The molecule has 1 saturated heterocycles. The molecule has 0 spiro atoms. The molecule has 0 N–H and O–H groups in total. The van der Waals surface area contributed by atoms with Gasteiger partial charge in [-0.15, -0.1) is 0 Å². The summed E-state index contributed by atoms with van der Waals surface area (Å²) in [6.07, 6.45) is 4.02. The van der Waals surface area contributed by atoms with Gasteiger partial charge in [0, 0.05) is 6.04 Å². The van der Waals surface area contributed by atoms with Crippen molar-refractivity contribution in [2.45, 2.75) is 57.0 Å². The van der Waals surface area contributed by atoms with Gasteiger partial charge in [-0.3, -0.25) is 4.90 Å². The first-order valence-electron chi connectivity index (χ1n) is 7.24. The van der Waals surface area contributed by atoms with Crippen LogP contribution < -0.4 is 0 Å². The second-order valence-corrected chi connectivity index (χ2v) is 11.9. The molecule has 0 aromatic heterocycles. The quantitative estimate of drug-likeness (QED) is 0.565. The molecule has 3 atom stereocenters. The summed E-state index contributed by atoms with van der Waals surface area (Å²) in [5, 5.41) is 0.378. The summed E-state index contributed by atoms with van der Waals surface area (Å²) < 4.78 is 0. The second kappa shape index (κ2) is 4.82. The van der Waals surface area contributed by atoms with Crippen LogP contribution in [0.1, 0.15) is 31.7 Å². The first kappa shape index (κ1) is 13.8. The molecule has 1 aromatic rings. The molecule has 1 unspecified atom stereocenters. The highest BCUT2D eigenvalue weighted by Gasteiger charge is 2.66. The molecule has 0 saturated carbocycles. The van der Waals surface area contributed by atoms with Gasteiger partial charge in [0.2, 0.25) is 0 Å². The minimum Gasteiger partial charge on any atom is -0.293 e. The lowest BCUT2D eigenvalue weighted by atomic mass is 10.1. The third-order valence-electron chi connectivity index (χ3n) is 4.63. The highest BCUT2D eigenvalue weighted by molar-refractivity contribution is 6.80. The fourth-order valence-corrected chi connectivity index (χ4v) is 7.36. The monoisotopic (exact) mass is 261 g/mol. The summed E-state index contributed by atoms with van der Waals surface area (Å²) in [6.45, 7) is 9.84. The summed E-state index contributed by atoms with van der Waals surface area (Å²) >= 11 is 0. The highest BCUT2D eigenvalue weighted by atomic mass is 28.3. The molecule has 2 rings (SSSR count). The molecule has 1 nitrogen and oxygen atoms in total. The average molecular weight is 261 g/mol. The van der Waals surface area contributed by atoms with E-state index >= 15 is 0 Å². The van der Waals surface area contributed by atoms with Gasteiger partial charge >= 0.3 is 0 Å². The van der Waals surface area contributed by atoms with Crippen LogP contribution in [0.5, 0.6) is 0 Å². The number of unbranched alkanes of at least 4 members (excludes halogenated alkanes) is 1. The Kier molecular flexibility index (Phi) is 3.70. The van der Waals surface area contributed by atoms with Gasteiger partial charge in [0.1, 0.15) is 0 Å². The van der Waals surface area contributed by atoms with Crippen molar-refractivity contribution in [1.82, 2.24) is 4.90 Å². The molecule has 0 radical (unpaired) electrons. The third-order valence-corrected chi connectivity index (χ3v) is 7.89. The van der Waals surface area contributed by atoms with Gasteiger partial charge in [-0.1, -0.05) is 69.7 Å². The number of nitrogens with zero attached hydrogens (tertiary/aromatic N) is 1. The van der Waals surface area contributed by atoms with Crippen molar-refractivity contribution >= 4 is 8.07 Å². The Labute approximate surface area is 113 Å². The van der Waals surface area contributed by atoms with E-state index in [1.165, 1.54) is 19.3 Å². The zero-order valence-electron chi connectivity index (χ0n) is 12.5. The number of likely N-dealkylation sites (N-methyl/N-ethyl adjacent to an activating group) is 1. The molecular formula is C16H27NSi. The van der Waals surface area contributed by atoms with E-state index in [0.29, 0.717) is 5.16 Å². The Morgan fingerprint density at radius 1 is 1.17 bits per heavy atom. The summed E-state index contributed by atoms with van der Waals surface area (Å²) in [5.41, 5.74) is 1.55. The van der Waals surface area contributed by atoms with Crippen LogP contribution in [-0.4, -0.2) is 26.1 Å². The van der Waals surface area contributed by atoms with Crippen LogP contribution in [0, 0.1) is 0 Å². The van der Waals surface area contributed by atoms with E-state index in [-0.39, 0.29) is 0 Å². The van der Waals surface area contributed by atoms with E-state index in [9.17, 15) is 0 Å². The van der Waals surface area contributed by atoms with Crippen LogP contribution in [-0.2, 0) is 5.16 Å². The standard InChI is InChI=1S/C16H27NSi/c1-6-7-13-15-16(17(15)2,18(3,4)5)14-11-9-8-10-12-14/h8-12,15H,6-7,13H2,1-5H3/t15-,16-,17?/m1/s1. The van der Waals surface area contributed by atoms with Crippen molar-refractivity contribution in [2.75, 3.05) is 7.05 Å². The van der Waals surface area contributed by atoms with Crippen LogP contribution in [0.2, 0.25) is 19.6 Å². The number of hydrogen-bond donors (Lipinski definition) is 0. The molecule has 1 aromatic carbocycles. The number of hydrogen-bond acceptors (Lipinski definition) is 1. The number of benzene rings is 1. The molecule has 0 bridgehead atoms. The van der Waals surface area contributed by atoms with E-state index in [0.717, 1.165) is 6.04 Å². The molecule has 1 aliphatic rings. The summed E-state index contributed by atoms with van der Waals surface area (Å²) in [7, 11) is 1.06. The molecule has 100 valence electrons. The van der Waals surface area contributed by atoms with Crippen LogP contribution in [0.15, 0.2) is 30.3 Å². The summed E-state index contributed by atoms with van der Waals surface area (Å²) in [6, 6.07) is 12.0. The van der Waals surface area contributed by atoms with Crippen LogP contribution in [0.25, 0.3) is 0 Å². The Balaban J connectivity index is 2.34. The van der Waals surface area contributed by atoms with Crippen LogP contribution in [0.4, 0.5) is 0 Å². The van der Waals surface area contributed by atoms with E-state index in [1.807, 2.05) is 0 Å². The van der Waals surface area contributed by atoms with Crippen LogP contribution >= 0.6 is 0 Å². The second-order valence-electron chi connectivity index (χ2n) is 6.65. The van der Waals surface area contributed by atoms with Gasteiger partial charge in [-0.2, -0.15) is 0 Å². The molecule has 0 aliphatic carbocycles. The zero-order chi connectivity index (χ0) is 13.4. The highest BCUT2D eigenvalue weighted by Crippen LogP contribution is 2.56. The lowest BCUT2D eigenvalue weighted by Crippen LogP contribution is -2.43. The molecule has 2 heteroatoms. The Hall–Kier alpha value is -0.603. The van der Waals surface area contributed by atoms with Gasteiger partial charge in [0.05, 0.1) is 13.2 Å². The maximum Gasteiger partial charge on any atom is 0.0754 e. The maximum atomic E-state index is 2.64. The van der Waals surface area contributed by atoms with Gasteiger partial charge in [-0.05, 0) is 19.0 Å². The van der Waals surface area contributed by atoms with Crippen molar-refractivity contribution < 1.29 is 0 Å². The topological polar surface area (TPSA) is 3.01 Å². The van der Waals surface area contributed by atoms with E-state index < -0.39 is 8.07 Å². The van der Waals surface area contributed by atoms with Crippen LogP contribution in [0.3, 0.4) is 0 Å². The first-order valence-corrected chi connectivity index (χ1v) is 10.7. The maximum absolute atomic E-state index is 2.64. The van der Waals surface area contributed by atoms with Crippen molar-refractivity contribution in [3.8, 4) is 0 Å². The predicted molar refractivity (Wildman–Crippen MR) is 82.5 cm³/mol. The lowest BCUT2D eigenvalue weighted by Gasteiger charge is -2.30. The summed E-state index contributed by atoms with van der Waals surface area (Å²) in [4.78, 5) is 2.64. The fraction of sp³-hybridized carbons (Fsp3) is 0.625. The minimum absolute atomic E-state index is 0.378. The lowest BCUT2D eigenvalue weighted by molar-refractivity contribution is 0.539. The van der Waals surface area contributed by atoms with Crippen molar-refractivity contribution in [2.24, 2.45) is 0 Å². The Morgan fingerprint density at radius 3 is 2.28 bits per heavy atom. The predicted octanol–water partition coefficient (Wildman–Crippen LogP) is 4.26. The molecular weight excluding hydrogens is 234 g/mol. The third kappa shape index (κ3) is 1.96. The smallest absolute Gasteiger partial charge is 0.0754 e. The van der Waals surface area contributed by atoms with E-state index in [2.05, 4.69) is 68.8 Å². The van der Waals surface area contributed by atoms with Gasteiger partial charge in [0.25, 0.3) is 0 Å². The molecule has 1 aliphatic heterocycles. The zero-order valence-corrected chi connectivity index (χ0v) is 13.5. The van der Waals surface area contributed by atoms with Crippen molar-refractivity contribution in [3.63, 3.8) is 0 Å². The molecule has 1 heterocycles. The van der Waals surface area contributed by atoms with Gasteiger partial charge in [-0.25, -0.2) is 0 Å². The normalized spacial score (nSPS) is 31.4. The largest absolute Gasteiger partial charge is 0.293 e. The van der Waals surface area contributed by atoms with E-state index in [1.54, 1.807) is 5.56 Å². The fourth-order valence-electron chi connectivity index (χ4n) is 3.84. The van der Waals surface area contributed by atoms with Crippen molar-refractivity contribution in [3.05, 3.63) is 35.9 Å². The van der Waals surface area contributed by atoms with Crippen molar-refractivity contribution in [1.29, 1.82) is 0 Å². The van der Waals surface area contributed by atoms with Gasteiger partial charge in [0.15, 0.2) is 0 Å². The Bertz CT molecular complexity index is 395. The van der Waals surface area contributed by atoms with E-state index in [4.69, 9.17) is 0 Å². The molecule has 0 amide bonds. The average Bonchev–Trinajstić information content (AvgIpc) is 2.93. The Morgan fingerprint density at radius 2 is 1.78 bits per heavy atom. The SMILES string of the molecule is CCCC[C@H]1N(C)[C@]1(c1ccccc1)[Si](C)(C)C. The molecule has 18 heavy (non-hydrogen) atoms. The minimum atomic E-state index is -1.26. The van der Waals surface area contributed by atoms with Gasteiger partial charge < -0.3 is 0 Å².